The Morgan fingerprint density at radius 1 is 1.00 bits per heavy atom. The predicted octanol–water partition coefficient (Wildman–Crippen LogP) is 5.05. The number of carbonyl (C=O) groups is 3. The van der Waals surface area contributed by atoms with Gasteiger partial charge < -0.3 is 15.5 Å². The summed E-state index contributed by atoms with van der Waals surface area (Å²) >= 11 is 12.3. The second-order valence-corrected chi connectivity index (χ2v) is 8.61. The second-order valence-electron chi connectivity index (χ2n) is 7.82. The third-order valence-corrected chi connectivity index (χ3v) is 6.32. The maximum atomic E-state index is 13.1. The van der Waals surface area contributed by atoms with E-state index < -0.39 is 11.8 Å². The summed E-state index contributed by atoms with van der Waals surface area (Å²) in [6.45, 7) is 0.345. The SMILES string of the molecule is O=C(NCc1ccc(F)cc1)c1ccccc1NC(=O)[C@@H]1CC(=O)N(c2cccc(Cl)c2Cl)C1. The molecule has 0 unspecified atom stereocenters. The molecule has 34 heavy (non-hydrogen) atoms. The Labute approximate surface area is 205 Å². The predicted molar refractivity (Wildman–Crippen MR) is 130 cm³/mol. The molecule has 3 aromatic rings. The summed E-state index contributed by atoms with van der Waals surface area (Å²) in [4.78, 5) is 39.7. The molecule has 0 aromatic heterocycles. The number of halogens is 3. The fourth-order valence-electron chi connectivity index (χ4n) is 3.72. The molecular formula is C25H20Cl2FN3O3. The minimum atomic E-state index is -0.627. The molecule has 6 nitrogen and oxygen atoms in total. The van der Waals surface area contributed by atoms with Crippen LogP contribution in [-0.2, 0) is 16.1 Å². The van der Waals surface area contributed by atoms with E-state index in [1.165, 1.54) is 17.0 Å². The minimum absolute atomic E-state index is 0.00755. The lowest BCUT2D eigenvalue weighted by atomic mass is 10.1. The van der Waals surface area contributed by atoms with Crippen LogP contribution in [-0.4, -0.2) is 24.3 Å². The van der Waals surface area contributed by atoms with Gasteiger partial charge in [0.1, 0.15) is 5.82 Å². The van der Waals surface area contributed by atoms with E-state index in [-0.39, 0.29) is 47.7 Å². The van der Waals surface area contributed by atoms with Crippen molar-refractivity contribution in [1.82, 2.24) is 5.32 Å². The molecule has 9 heteroatoms. The average Bonchev–Trinajstić information content (AvgIpc) is 3.22. The van der Waals surface area contributed by atoms with E-state index in [9.17, 15) is 18.8 Å². The lowest BCUT2D eigenvalue weighted by Gasteiger charge is -2.19. The number of nitrogens with one attached hydrogen (secondary N) is 2. The van der Waals surface area contributed by atoms with Crippen LogP contribution in [0.15, 0.2) is 66.7 Å². The van der Waals surface area contributed by atoms with Gasteiger partial charge in [0, 0.05) is 19.5 Å². The normalized spacial score (nSPS) is 15.3. The van der Waals surface area contributed by atoms with Crippen LogP contribution in [0.3, 0.4) is 0 Å². The van der Waals surface area contributed by atoms with Crippen molar-refractivity contribution >= 4 is 52.3 Å². The molecule has 1 saturated heterocycles. The summed E-state index contributed by atoms with van der Waals surface area (Å²) in [6, 6.07) is 17.4. The summed E-state index contributed by atoms with van der Waals surface area (Å²) < 4.78 is 13.1. The zero-order chi connectivity index (χ0) is 24.2. The van der Waals surface area contributed by atoms with Gasteiger partial charge in [-0.25, -0.2) is 4.39 Å². The van der Waals surface area contributed by atoms with E-state index in [2.05, 4.69) is 10.6 Å². The van der Waals surface area contributed by atoms with Crippen LogP contribution in [0.25, 0.3) is 0 Å². The molecule has 0 aliphatic carbocycles. The highest BCUT2D eigenvalue weighted by molar-refractivity contribution is 6.44. The van der Waals surface area contributed by atoms with Crippen molar-refractivity contribution in [1.29, 1.82) is 0 Å². The number of amides is 3. The van der Waals surface area contributed by atoms with Crippen molar-refractivity contribution in [2.75, 3.05) is 16.8 Å². The Morgan fingerprint density at radius 3 is 2.50 bits per heavy atom. The molecule has 3 amide bonds. The van der Waals surface area contributed by atoms with Crippen LogP contribution < -0.4 is 15.5 Å². The van der Waals surface area contributed by atoms with E-state index in [0.29, 0.717) is 16.4 Å². The Kier molecular flexibility index (Phi) is 7.14. The summed E-state index contributed by atoms with van der Waals surface area (Å²) in [5, 5.41) is 6.10. The Bertz CT molecular complexity index is 1250. The maximum absolute atomic E-state index is 13.1. The average molecular weight is 500 g/mol. The topological polar surface area (TPSA) is 78.5 Å². The van der Waals surface area contributed by atoms with Gasteiger partial charge in [-0.2, -0.15) is 0 Å². The van der Waals surface area contributed by atoms with Crippen LogP contribution in [0, 0.1) is 11.7 Å². The highest BCUT2D eigenvalue weighted by Crippen LogP contribution is 2.36. The Morgan fingerprint density at radius 2 is 1.74 bits per heavy atom. The van der Waals surface area contributed by atoms with Gasteiger partial charge in [-0.05, 0) is 42.0 Å². The molecule has 1 heterocycles. The van der Waals surface area contributed by atoms with E-state index in [4.69, 9.17) is 23.2 Å². The van der Waals surface area contributed by atoms with Crippen LogP contribution in [0.4, 0.5) is 15.8 Å². The van der Waals surface area contributed by atoms with Crippen molar-refractivity contribution in [2.24, 2.45) is 5.92 Å². The van der Waals surface area contributed by atoms with Crippen LogP contribution in [0.2, 0.25) is 10.0 Å². The number of benzene rings is 3. The number of nitrogens with zero attached hydrogens (tertiary/aromatic N) is 1. The molecule has 174 valence electrons. The van der Waals surface area contributed by atoms with E-state index in [1.54, 1.807) is 54.6 Å². The summed E-state index contributed by atoms with van der Waals surface area (Å²) in [6.07, 6.45) is 0.00755. The summed E-state index contributed by atoms with van der Waals surface area (Å²) in [7, 11) is 0. The molecule has 1 aliphatic heterocycles. The molecule has 0 saturated carbocycles. The van der Waals surface area contributed by atoms with Gasteiger partial charge in [0.25, 0.3) is 5.91 Å². The fourth-order valence-corrected chi connectivity index (χ4v) is 4.12. The smallest absolute Gasteiger partial charge is 0.253 e. The first-order chi connectivity index (χ1) is 16.3. The molecule has 3 aromatic carbocycles. The molecule has 4 rings (SSSR count). The summed E-state index contributed by atoms with van der Waals surface area (Å²) in [5.74, 6) is -2.00. The van der Waals surface area contributed by atoms with Crippen LogP contribution in [0.1, 0.15) is 22.3 Å². The third kappa shape index (κ3) is 5.21. The number of para-hydroxylation sites is 1. The number of hydrogen-bond acceptors (Lipinski definition) is 3. The molecule has 1 aliphatic rings. The number of hydrogen-bond donors (Lipinski definition) is 2. The lowest BCUT2D eigenvalue weighted by Crippen LogP contribution is -2.29. The zero-order valence-corrected chi connectivity index (χ0v) is 19.4. The van der Waals surface area contributed by atoms with Gasteiger partial charge in [-0.15, -0.1) is 0 Å². The van der Waals surface area contributed by atoms with Gasteiger partial charge in [0.15, 0.2) is 0 Å². The largest absolute Gasteiger partial charge is 0.348 e. The minimum Gasteiger partial charge on any atom is -0.348 e. The van der Waals surface area contributed by atoms with Crippen molar-refractivity contribution in [3.05, 3.63) is 93.7 Å². The monoisotopic (exact) mass is 499 g/mol. The van der Waals surface area contributed by atoms with Crippen LogP contribution >= 0.6 is 23.2 Å². The zero-order valence-electron chi connectivity index (χ0n) is 17.9. The quantitative estimate of drug-likeness (QED) is 0.497. The number of rotatable bonds is 6. The highest BCUT2D eigenvalue weighted by atomic mass is 35.5. The van der Waals surface area contributed by atoms with Gasteiger partial charge in [0.05, 0.1) is 32.9 Å². The Balaban J connectivity index is 1.43. The fraction of sp³-hybridized carbons (Fsp3) is 0.160. The van der Waals surface area contributed by atoms with Gasteiger partial charge in [-0.1, -0.05) is 53.5 Å². The van der Waals surface area contributed by atoms with Gasteiger partial charge >= 0.3 is 0 Å². The first-order valence-corrected chi connectivity index (χ1v) is 11.3. The van der Waals surface area contributed by atoms with Gasteiger partial charge in [-0.3, -0.25) is 14.4 Å². The summed E-state index contributed by atoms with van der Waals surface area (Å²) in [5.41, 5.74) is 1.79. The number of anilines is 2. The first kappa shape index (κ1) is 23.7. The number of carbonyl (C=O) groups excluding carboxylic acids is 3. The Hall–Kier alpha value is -3.42. The molecule has 0 bridgehead atoms. The second kappa shape index (κ2) is 10.2. The van der Waals surface area contributed by atoms with Crippen LogP contribution in [0.5, 0.6) is 0 Å². The van der Waals surface area contributed by atoms with Gasteiger partial charge in [0.2, 0.25) is 11.8 Å². The van der Waals surface area contributed by atoms with E-state index in [0.717, 1.165) is 5.56 Å². The standard InChI is InChI=1S/C25H20Cl2FN3O3/c26-19-5-3-7-21(23(19)27)31-14-16(12-22(31)32)24(33)30-20-6-2-1-4-18(20)25(34)29-13-15-8-10-17(28)11-9-15/h1-11,16H,12-14H2,(H,29,34)(H,30,33)/t16-/m1/s1. The molecule has 1 atom stereocenters. The maximum Gasteiger partial charge on any atom is 0.253 e. The highest BCUT2D eigenvalue weighted by Gasteiger charge is 2.36. The third-order valence-electron chi connectivity index (χ3n) is 5.51. The van der Waals surface area contributed by atoms with E-state index in [1.807, 2.05) is 0 Å². The molecule has 2 N–H and O–H groups in total. The first-order valence-electron chi connectivity index (χ1n) is 10.5. The van der Waals surface area contributed by atoms with Crippen molar-refractivity contribution in [2.45, 2.75) is 13.0 Å². The molecule has 0 radical (unpaired) electrons. The van der Waals surface area contributed by atoms with Crippen molar-refractivity contribution < 1.29 is 18.8 Å². The molecular weight excluding hydrogens is 480 g/mol. The lowest BCUT2D eigenvalue weighted by molar-refractivity contribution is -0.122. The van der Waals surface area contributed by atoms with Crippen molar-refractivity contribution in [3.63, 3.8) is 0 Å². The molecule has 1 fully saturated rings. The van der Waals surface area contributed by atoms with E-state index >= 15 is 0 Å². The van der Waals surface area contributed by atoms with Crippen molar-refractivity contribution in [3.8, 4) is 0 Å². The molecule has 0 spiro atoms.